The molecule has 128 valence electrons. The molecule has 0 aromatic carbocycles. The summed E-state index contributed by atoms with van der Waals surface area (Å²) in [6, 6.07) is -0.828. The lowest BCUT2D eigenvalue weighted by Crippen LogP contribution is -2.48. The van der Waals surface area contributed by atoms with Crippen molar-refractivity contribution in [1.29, 1.82) is 0 Å². The van der Waals surface area contributed by atoms with Crippen LogP contribution in [0.4, 0.5) is 0 Å². The topological polar surface area (TPSA) is 113 Å². The second-order valence-corrected chi connectivity index (χ2v) is 8.14. The maximum absolute atomic E-state index is 12.3. The van der Waals surface area contributed by atoms with Crippen LogP contribution in [0.25, 0.3) is 0 Å². The van der Waals surface area contributed by atoms with Crippen molar-refractivity contribution >= 4 is 21.8 Å². The number of sulfonamides is 1. The molecule has 2 atom stereocenters. The van der Waals surface area contributed by atoms with Crippen LogP contribution in [0.5, 0.6) is 0 Å². The molecule has 0 bridgehead atoms. The quantitative estimate of drug-likeness (QED) is 0.628. The molecular weight excluding hydrogens is 308 g/mol. The van der Waals surface area contributed by atoms with Crippen LogP contribution in [-0.4, -0.2) is 74.0 Å². The number of likely N-dealkylation sites (tertiary alicyclic amines) is 1. The molecule has 1 rings (SSSR count). The van der Waals surface area contributed by atoms with Crippen LogP contribution >= 0.6 is 0 Å². The van der Waals surface area contributed by atoms with Gasteiger partial charge in [0, 0.05) is 38.6 Å². The molecule has 8 nitrogen and oxygen atoms in total. The summed E-state index contributed by atoms with van der Waals surface area (Å²) in [7, 11) is -1.90. The van der Waals surface area contributed by atoms with Crippen LogP contribution in [0.15, 0.2) is 0 Å². The van der Waals surface area contributed by atoms with Gasteiger partial charge in [0.1, 0.15) is 6.04 Å². The molecule has 1 fully saturated rings. The Morgan fingerprint density at radius 1 is 1.41 bits per heavy atom. The average molecular weight is 334 g/mol. The predicted molar refractivity (Wildman–Crippen MR) is 83.5 cm³/mol. The lowest BCUT2D eigenvalue weighted by Gasteiger charge is -2.25. The number of hydrogen-bond acceptors (Lipinski definition) is 5. The second kappa shape index (κ2) is 7.38. The van der Waals surface area contributed by atoms with Crippen molar-refractivity contribution in [3.05, 3.63) is 0 Å². The third kappa shape index (κ3) is 5.22. The van der Waals surface area contributed by atoms with Gasteiger partial charge >= 0.3 is 0 Å². The van der Waals surface area contributed by atoms with Gasteiger partial charge in [-0.2, -0.15) is 0 Å². The van der Waals surface area contributed by atoms with E-state index in [-0.39, 0.29) is 36.9 Å². The zero-order valence-electron chi connectivity index (χ0n) is 13.6. The highest BCUT2D eigenvalue weighted by atomic mass is 32.2. The second-order valence-electron chi connectivity index (χ2n) is 6.06. The minimum atomic E-state index is -3.32. The number of nitrogens with zero attached hydrogens (tertiary/aromatic N) is 2. The largest absolute Gasteiger partial charge is 0.352 e. The zero-order chi connectivity index (χ0) is 17.1. The van der Waals surface area contributed by atoms with Crippen molar-refractivity contribution in [2.24, 2.45) is 5.73 Å². The van der Waals surface area contributed by atoms with Crippen molar-refractivity contribution in [3.8, 4) is 0 Å². The van der Waals surface area contributed by atoms with Gasteiger partial charge in [-0.1, -0.05) is 0 Å². The Balaban J connectivity index is 2.67. The summed E-state index contributed by atoms with van der Waals surface area (Å²) in [5.74, 6) is -0.472. The van der Waals surface area contributed by atoms with Gasteiger partial charge in [0.25, 0.3) is 0 Å². The van der Waals surface area contributed by atoms with Crippen LogP contribution < -0.4 is 11.1 Å². The van der Waals surface area contributed by atoms with E-state index in [1.165, 1.54) is 11.9 Å². The monoisotopic (exact) mass is 334 g/mol. The molecule has 1 saturated heterocycles. The molecule has 1 aliphatic heterocycles. The van der Waals surface area contributed by atoms with Crippen molar-refractivity contribution < 1.29 is 18.0 Å². The molecule has 0 spiro atoms. The van der Waals surface area contributed by atoms with E-state index in [9.17, 15) is 18.0 Å². The third-order valence-corrected chi connectivity index (χ3v) is 4.91. The molecule has 2 amide bonds. The fraction of sp³-hybridized carbons (Fsp3) is 0.846. The van der Waals surface area contributed by atoms with Crippen LogP contribution in [0.1, 0.15) is 26.7 Å². The summed E-state index contributed by atoms with van der Waals surface area (Å²) in [4.78, 5) is 25.9. The minimum Gasteiger partial charge on any atom is -0.352 e. The first-order chi connectivity index (χ1) is 10.0. The SMILES string of the molecule is CC(C)NC(=O)[C@@H]1C[C@H](N)CN1C(=O)CCN(C)S(C)(=O)=O. The van der Waals surface area contributed by atoms with Gasteiger partial charge in [0.2, 0.25) is 21.8 Å². The van der Waals surface area contributed by atoms with E-state index >= 15 is 0 Å². The highest BCUT2D eigenvalue weighted by Gasteiger charge is 2.38. The van der Waals surface area contributed by atoms with Gasteiger partial charge in [-0.05, 0) is 20.3 Å². The van der Waals surface area contributed by atoms with Crippen LogP contribution in [0, 0.1) is 0 Å². The first-order valence-corrected chi connectivity index (χ1v) is 9.14. The molecular formula is C13H26N4O4S. The Hall–Kier alpha value is -1.19. The molecule has 22 heavy (non-hydrogen) atoms. The van der Waals surface area contributed by atoms with E-state index in [2.05, 4.69) is 5.32 Å². The number of carbonyl (C=O) groups excluding carboxylic acids is 2. The summed E-state index contributed by atoms with van der Waals surface area (Å²) in [6.45, 7) is 4.10. The predicted octanol–water partition coefficient (Wildman–Crippen LogP) is -1.28. The molecule has 0 unspecified atom stereocenters. The van der Waals surface area contributed by atoms with Gasteiger partial charge in [-0.15, -0.1) is 0 Å². The Morgan fingerprint density at radius 3 is 2.50 bits per heavy atom. The molecule has 0 aliphatic carbocycles. The van der Waals surface area contributed by atoms with Gasteiger partial charge in [-0.3, -0.25) is 9.59 Å². The first kappa shape index (κ1) is 18.9. The molecule has 1 aliphatic rings. The van der Waals surface area contributed by atoms with Crippen molar-refractivity contribution in [3.63, 3.8) is 0 Å². The normalized spacial score (nSPS) is 22.4. The maximum Gasteiger partial charge on any atom is 0.243 e. The van der Waals surface area contributed by atoms with Gasteiger partial charge in [0.15, 0.2) is 0 Å². The van der Waals surface area contributed by atoms with Crippen molar-refractivity contribution in [2.75, 3.05) is 26.4 Å². The van der Waals surface area contributed by atoms with Crippen molar-refractivity contribution in [1.82, 2.24) is 14.5 Å². The van der Waals surface area contributed by atoms with E-state index in [1.54, 1.807) is 0 Å². The highest BCUT2D eigenvalue weighted by molar-refractivity contribution is 7.88. The van der Waals surface area contributed by atoms with E-state index < -0.39 is 16.1 Å². The standard InChI is InChI=1S/C13H26N4O4S/c1-9(2)15-13(19)11-7-10(14)8-17(11)12(18)5-6-16(3)22(4,20)21/h9-11H,5-8,14H2,1-4H3,(H,15,19)/t10-,11-/m0/s1. The zero-order valence-corrected chi connectivity index (χ0v) is 14.4. The fourth-order valence-corrected chi connectivity index (χ4v) is 2.76. The molecule has 3 N–H and O–H groups in total. The summed E-state index contributed by atoms with van der Waals surface area (Å²) in [5.41, 5.74) is 5.87. The number of nitrogens with one attached hydrogen (secondary N) is 1. The number of rotatable bonds is 6. The van der Waals surface area contributed by atoms with E-state index in [1.807, 2.05) is 13.8 Å². The molecule has 0 saturated carbocycles. The van der Waals surface area contributed by atoms with E-state index in [0.29, 0.717) is 13.0 Å². The van der Waals surface area contributed by atoms with Crippen LogP contribution in [-0.2, 0) is 19.6 Å². The highest BCUT2D eigenvalue weighted by Crippen LogP contribution is 2.18. The first-order valence-electron chi connectivity index (χ1n) is 7.29. The number of amides is 2. The smallest absolute Gasteiger partial charge is 0.243 e. The number of nitrogens with two attached hydrogens (primary N) is 1. The van der Waals surface area contributed by atoms with Gasteiger partial charge in [-0.25, -0.2) is 12.7 Å². The minimum absolute atomic E-state index is 0.0161. The lowest BCUT2D eigenvalue weighted by molar-refractivity contribution is -0.138. The average Bonchev–Trinajstić information content (AvgIpc) is 2.75. The molecule has 0 aromatic heterocycles. The summed E-state index contributed by atoms with van der Waals surface area (Å²) < 4.78 is 23.8. The third-order valence-electron chi connectivity index (χ3n) is 3.59. The fourth-order valence-electron chi connectivity index (χ4n) is 2.34. The Kier molecular flexibility index (Phi) is 6.33. The molecule has 0 radical (unpaired) electrons. The summed E-state index contributed by atoms with van der Waals surface area (Å²) in [5, 5.41) is 2.78. The van der Waals surface area contributed by atoms with Gasteiger partial charge < -0.3 is 16.0 Å². The molecule has 9 heteroatoms. The molecule has 1 heterocycles. The van der Waals surface area contributed by atoms with Crippen LogP contribution in [0.3, 0.4) is 0 Å². The van der Waals surface area contributed by atoms with Gasteiger partial charge in [0.05, 0.1) is 6.26 Å². The number of hydrogen-bond donors (Lipinski definition) is 2. The van der Waals surface area contributed by atoms with E-state index in [0.717, 1.165) is 10.6 Å². The Morgan fingerprint density at radius 2 is 2.00 bits per heavy atom. The van der Waals surface area contributed by atoms with E-state index in [4.69, 9.17) is 5.73 Å². The number of carbonyl (C=O) groups is 2. The summed E-state index contributed by atoms with van der Waals surface area (Å²) >= 11 is 0. The maximum atomic E-state index is 12.3. The molecule has 0 aromatic rings. The Bertz CT molecular complexity index is 520. The van der Waals surface area contributed by atoms with Crippen molar-refractivity contribution in [2.45, 2.75) is 44.8 Å². The summed E-state index contributed by atoms with van der Waals surface area (Å²) in [6.07, 6.45) is 1.54. The Labute approximate surface area is 132 Å². The van der Waals surface area contributed by atoms with Crippen LogP contribution in [0.2, 0.25) is 0 Å². The lowest BCUT2D eigenvalue weighted by atomic mass is 10.1.